The molecule has 0 N–H and O–H groups in total. The number of carbonyl (C=O) groups excluding carboxylic acids is 2. The Bertz CT molecular complexity index is 590. The molecule has 3 fully saturated rings. The summed E-state index contributed by atoms with van der Waals surface area (Å²) in [7, 11) is 0. The maximum Gasteiger partial charge on any atom is 0.309 e. The van der Waals surface area contributed by atoms with E-state index in [9.17, 15) is 9.59 Å². The minimum absolute atomic E-state index is 0.0204. The summed E-state index contributed by atoms with van der Waals surface area (Å²) < 4.78 is 16.5. The van der Waals surface area contributed by atoms with Crippen molar-refractivity contribution in [1.82, 2.24) is 0 Å². The van der Waals surface area contributed by atoms with Crippen LogP contribution in [0.5, 0.6) is 0 Å². The highest BCUT2D eigenvalue weighted by Crippen LogP contribution is 2.53. The van der Waals surface area contributed by atoms with Crippen LogP contribution in [-0.4, -0.2) is 37.4 Å². The van der Waals surface area contributed by atoms with Gasteiger partial charge in [0, 0.05) is 18.8 Å². The molecular formula is C24H40O5. The number of ketones is 1. The first-order chi connectivity index (χ1) is 13.7. The molecule has 3 unspecified atom stereocenters. The smallest absolute Gasteiger partial charge is 0.309 e. The van der Waals surface area contributed by atoms with Crippen LogP contribution in [0.4, 0.5) is 0 Å². The Balaban J connectivity index is 1.26. The molecule has 0 radical (unpaired) electrons. The lowest BCUT2D eigenvalue weighted by Gasteiger charge is -2.33. The van der Waals surface area contributed by atoms with Crippen molar-refractivity contribution in [1.29, 1.82) is 0 Å². The molecule has 1 spiro atoms. The molecule has 3 atom stereocenters. The van der Waals surface area contributed by atoms with E-state index < -0.39 is 0 Å². The number of unbranched alkanes of at least 4 members (excludes halogenated alkanes) is 2. The van der Waals surface area contributed by atoms with E-state index in [0.717, 1.165) is 64.6 Å². The minimum Gasteiger partial charge on any atom is -0.465 e. The van der Waals surface area contributed by atoms with Gasteiger partial charge in [-0.25, -0.2) is 0 Å². The van der Waals surface area contributed by atoms with Crippen molar-refractivity contribution in [2.24, 2.45) is 22.7 Å². The molecule has 5 heteroatoms. The van der Waals surface area contributed by atoms with E-state index in [-0.39, 0.29) is 28.5 Å². The normalized spacial score (nSPS) is 29.4. The summed E-state index contributed by atoms with van der Waals surface area (Å²) in [5, 5.41) is 0. The zero-order valence-corrected chi connectivity index (χ0v) is 18.9. The summed E-state index contributed by atoms with van der Waals surface area (Å²) in [6.45, 7) is 11.1. The lowest BCUT2D eigenvalue weighted by atomic mass is 9.72. The van der Waals surface area contributed by atoms with Gasteiger partial charge in [-0.3, -0.25) is 9.59 Å². The monoisotopic (exact) mass is 408 g/mol. The molecule has 3 heterocycles. The van der Waals surface area contributed by atoms with Crippen molar-refractivity contribution in [3.05, 3.63) is 0 Å². The van der Waals surface area contributed by atoms with E-state index in [1.54, 1.807) is 0 Å². The molecule has 29 heavy (non-hydrogen) atoms. The van der Waals surface area contributed by atoms with Crippen molar-refractivity contribution in [2.45, 2.75) is 97.7 Å². The number of esters is 1. The second-order valence-corrected chi connectivity index (χ2v) is 10.7. The highest BCUT2D eigenvalue weighted by molar-refractivity contribution is 5.78. The van der Waals surface area contributed by atoms with Crippen LogP contribution in [-0.2, 0) is 23.8 Å². The van der Waals surface area contributed by atoms with Crippen LogP contribution >= 0.6 is 0 Å². The minimum atomic E-state index is -0.275. The zero-order chi connectivity index (χ0) is 21.1. The van der Waals surface area contributed by atoms with Crippen LogP contribution in [0, 0.1) is 22.7 Å². The maximum absolute atomic E-state index is 12.3. The van der Waals surface area contributed by atoms with E-state index >= 15 is 0 Å². The van der Waals surface area contributed by atoms with Gasteiger partial charge in [0.15, 0.2) is 5.79 Å². The predicted molar refractivity (Wildman–Crippen MR) is 111 cm³/mol. The summed E-state index contributed by atoms with van der Waals surface area (Å²) in [5.74, 6) is 0.560. The number of epoxide rings is 1. The molecule has 0 saturated carbocycles. The van der Waals surface area contributed by atoms with Crippen LogP contribution in [0.3, 0.4) is 0 Å². The summed E-state index contributed by atoms with van der Waals surface area (Å²) in [6.07, 6.45) is 9.35. The number of hydrogen-bond donors (Lipinski definition) is 0. The fourth-order valence-corrected chi connectivity index (χ4v) is 5.50. The average molecular weight is 409 g/mol. The molecule has 5 nitrogen and oxygen atoms in total. The summed E-state index contributed by atoms with van der Waals surface area (Å²) in [5.41, 5.74) is 0.165. The predicted octanol–water partition coefficient (Wildman–Crippen LogP) is 5.05. The maximum atomic E-state index is 12.3. The van der Waals surface area contributed by atoms with Crippen LogP contribution in [0.15, 0.2) is 0 Å². The molecule has 0 aromatic heterocycles. The number of rotatable bonds is 12. The number of ether oxygens (including phenoxy) is 3. The van der Waals surface area contributed by atoms with E-state index in [4.69, 9.17) is 14.2 Å². The van der Waals surface area contributed by atoms with Gasteiger partial charge < -0.3 is 14.2 Å². The van der Waals surface area contributed by atoms with Crippen LogP contribution in [0.25, 0.3) is 0 Å². The third-order valence-corrected chi connectivity index (χ3v) is 7.59. The topological polar surface area (TPSA) is 65.1 Å². The molecule has 3 aliphatic rings. The van der Waals surface area contributed by atoms with Crippen molar-refractivity contribution in [2.75, 3.05) is 19.8 Å². The Hall–Kier alpha value is -0.940. The van der Waals surface area contributed by atoms with Crippen molar-refractivity contribution in [3.63, 3.8) is 0 Å². The van der Waals surface area contributed by atoms with Gasteiger partial charge in [0.05, 0.1) is 19.1 Å². The lowest BCUT2D eigenvalue weighted by molar-refractivity contribution is -0.144. The van der Waals surface area contributed by atoms with Gasteiger partial charge in [0.1, 0.15) is 12.4 Å². The average Bonchev–Trinajstić information content (AvgIpc) is 3.06. The molecule has 0 aromatic rings. The largest absolute Gasteiger partial charge is 0.465 e. The molecule has 0 bridgehead atoms. The van der Waals surface area contributed by atoms with Crippen molar-refractivity contribution < 1.29 is 23.8 Å². The van der Waals surface area contributed by atoms with Gasteiger partial charge in [-0.2, -0.15) is 0 Å². The number of carbonyl (C=O) groups is 2. The lowest BCUT2D eigenvalue weighted by Crippen LogP contribution is -2.33. The molecule has 0 aromatic carbocycles. The molecule has 0 amide bonds. The molecule has 166 valence electrons. The van der Waals surface area contributed by atoms with Gasteiger partial charge in [0.25, 0.3) is 0 Å². The molecular weight excluding hydrogens is 368 g/mol. The third-order valence-electron chi connectivity index (χ3n) is 7.59. The second-order valence-electron chi connectivity index (χ2n) is 10.7. The molecule has 3 aliphatic heterocycles. The molecule has 0 aliphatic carbocycles. The molecule has 3 rings (SSSR count). The highest BCUT2D eigenvalue weighted by atomic mass is 16.8. The Morgan fingerprint density at radius 2 is 1.55 bits per heavy atom. The number of cyclic esters (lactones) is 1. The standard InChI is InChI=1S/C24H40O5/c1-22(2,19-11-15-27-21(19)26)13-7-5-9-18(25)10-6-8-14-23(3,4)20-12-16-28-24(20)17-29-24/h19-20H,5-17H2,1-4H3. The van der Waals surface area contributed by atoms with Crippen LogP contribution in [0.1, 0.15) is 91.9 Å². The highest BCUT2D eigenvalue weighted by Gasteiger charge is 2.60. The fraction of sp³-hybridized carbons (Fsp3) is 0.917. The zero-order valence-electron chi connectivity index (χ0n) is 18.9. The Morgan fingerprint density at radius 3 is 2.10 bits per heavy atom. The number of hydrogen-bond acceptors (Lipinski definition) is 5. The summed E-state index contributed by atoms with van der Waals surface area (Å²) >= 11 is 0. The Labute approximate surface area is 176 Å². The first-order valence-corrected chi connectivity index (χ1v) is 11.6. The van der Waals surface area contributed by atoms with E-state index in [2.05, 4.69) is 27.7 Å². The quantitative estimate of drug-likeness (QED) is 0.257. The Kier molecular flexibility index (Phi) is 7.10. The van der Waals surface area contributed by atoms with Gasteiger partial charge in [-0.05, 0) is 49.4 Å². The Morgan fingerprint density at radius 1 is 0.931 bits per heavy atom. The number of Topliss-reactive ketones (excluding diaryl/α,β-unsaturated/α-hetero) is 1. The van der Waals surface area contributed by atoms with Crippen LogP contribution < -0.4 is 0 Å². The van der Waals surface area contributed by atoms with E-state index in [0.29, 0.717) is 31.1 Å². The van der Waals surface area contributed by atoms with Gasteiger partial charge in [0.2, 0.25) is 0 Å². The fourth-order valence-electron chi connectivity index (χ4n) is 5.50. The SMILES string of the molecule is CC(C)(CCCCC(=O)CCCCC(C)(C)C1CCOC12CO2)C1CCOC1=O. The van der Waals surface area contributed by atoms with Gasteiger partial charge in [-0.15, -0.1) is 0 Å². The van der Waals surface area contributed by atoms with Gasteiger partial charge in [-0.1, -0.05) is 40.5 Å². The van der Waals surface area contributed by atoms with Crippen LogP contribution in [0.2, 0.25) is 0 Å². The second kappa shape index (κ2) is 9.05. The first-order valence-electron chi connectivity index (χ1n) is 11.6. The molecule has 3 saturated heterocycles. The van der Waals surface area contributed by atoms with Crippen molar-refractivity contribution >= 4 is 11.8 Å². The van der Waals surface area contributed by atoms with Gasteiger partial charge >= 0.3 is 5.97 Å². The third kappa shape index (κ3) is 5.61. The summed E-state index contributed by atoms with van der Waals surface area (Å²) in [4.78, 5) is 24.1. The first kappa shape index (κ1) is 22.7. The summed E-state index contributed by atoms with van der Waals surface area (Å²) in [6, 6.07) is 0. The van der Waals surface area contributed by atoms with E-state index in [1.807, 2.05) is 0 Å². The van der Waals surface area contributed by atoms with Crippen molar-refractivity contribution in [3.8, 4) is 0 Å². The van der Waals surface area contributed by atoms with E-state index in [1.165, 1.54) is 0 Å².